The predicted octanol–water partition coefficient (Wildman–Crippen LogP) is 1.21. The number of rotatable bonds is 5. The fraction of sp³-hybridized carbons (Fsp3) is 0.231. The molecule has 18 heavy (non-hydrogen) atoms. The number of amides is 1. The topological polar surface area (TPSA) is 82.2 Å². The highest BCUT2D eigenvalue weighted by atomic mass is 16.4. The normalized spacial score (nSPS) is 14.1. The molecule has 1 unspecified atom stereocenters. The highest BCUT2D eigenvalue weighted by Gasteiger charge is 2.33. The molecule has 2 aromatic rings. The van der Waals surface area contributed by atoms with Gasteiger partial charge in [-0.3, -0.25) is 4.79 Å². The minimum atomic E-state index is -1.35. The Bertz CT molecular complexity index is 591. The van der Waals surface area contributed by atoms with E-state index in [-0.39, 0.29) is 6.42 Å². The summed E-state index contributed by atoms with van der Waals surface area (Å²) in [6.07, 6.45) is 3.42. The standard InChI is InChI=1S/C13H13N2O3/c1-13(12(17)18,15-8-16)6-9-7-14-11-5-3-2-4-10(9)11/h2-5,7,14H,6H2,1H3,(H,15,16)(H,17,18). The van der Waals surface area contributed by atoms with Gasteiger partial charge in [0.1, 0.15) is 5.54 Å². The van der Waals surface area contributed by atoms with Crippen molar-refractivity contribution in [1.82, 2.24) is 10.3 Å². The van der Waals surface area contributed by atoms with Gasteiger partial charge in [-0.25, -0.2) is 4.79 Å². The van der Waals surface area contributed by atoms with Crippen molar-refractivity contribution in [3.8, 4) is 0 Å². The zero-order valence-electron chi connectivity index (χ0n) is 9.86. The first-order chi connectivity index (χ1) is 8.57. The second-order valence-electron chi connectivity index (χ2n) is 4.40. The molecule has 1 radical (unpaired) electrons. The first kappa shape index (κ1) is 12.2. The maximum Gasteiger partial charge on any atom is 0.329 e. The zero-order chi connectivity index (χ0) is 13.2. The largest absolute Gasteiger partial charge is 0.480 e. The van der Waals surface area contributed by atoms with Crippen molar-refractivity contribution < 1.29 is 14.7 Å². The van der Waals surface area contributed by atoms with Crippen LogP contribution in [0, 0.1) is 0 Å². The fourth-order valence-corrected chi connectivity index (χ4v) is 1.94. The summed E-state index contributed by atoms with van der Waals surface area (Å²) >= 11 is 0. The Kier molecular flexibility index (Phi) is 3.06. The van der Waals surface area contributed by atoms with E-state index < -0.39 is 11.5 Å². The van der Waals surface area contributed by atoms with E-state index >= 15 is 0 Å². The van der Waals surface area contributed by atoms with E-state index in [1.807, 2.05) is 24.3 Å². The average Bonchev–Trinajstić information content (AvgIpc) is 2.73. The third-order valence-corrected chi connectivity index (χ3v) is 3.02. The predicted molar refractivity (Wildman–Crippen MR) is 66.9 cm³/mol. The van der Waals surface area contributed by atoms with Gasteiger partial charge in [0.05, 0.1) is 0 Å². The molecule has 1 atom stereocenters. The van der Waals surface area contributed by atoms with Crippen LogP contribution in [0.2, 0.25) is 0 Å². The zero-order valence-corrected chi connectivity index (χ0v) is 9.86. The van der Waals surface area contributed by atoms with Gasteiger partial charge >= 0.3 is 12.4 Å². The molecule has 5 nitrogen and oxygen atoms in total. The van der Waals surface area contributed by atoms with Gasteiger partial charge in [0.25, 0.3) is 0 Å². The van der Waals surface area contributed by atoms with E-state index in [0.717, 1.165) is 16.5 Å². The maximum absolute atomic E-state index is 11.2. The molecule has 0 aliphatic rings. The lowest BCUT2D eigenvalue weighted by atomic mass is 9.93. The smallest absolute Gasteiger partial charge is 0.329 e. The summed E-state index contributed by atoms with van der Waals surface area (Å²) < 4.78 is 0. The Balaban J connectivity index is 2.37. The molecule has 0 saturated heterocycles. The maximum atomic E-state index is 11.2. The van der Waals surface area contributed by atoms with Gasteiger partial charge in [0.15, 0.2) is 0 Å². The van der Waals surface area contributed by atoms with Crippen LogP contribution in [0.1, 0.15) is 12.5 Å². The number of hydrogen-bond donors (Lipinski definition) is 3. The number of carbonyl (C=O) groups is 1. The van der Waals surface area contributed by atoms with Crippen molar-refractivity contribution in [2.45, 2.75) is 18.9 Å². The van der Waals surface area contributed by atoms with Crippen LogP contribution in [0.15, 0.2) is 30.5 Å². The number of aliphatic carboxylic acids is 1. The van der Waals surface area contributed by atoms with Crippen molar-refractivity contribution in [3.63, 3.8) is 0 Å². The summed E-state index contributed by atoms with van der Waals surface area (Å²) in [5.41, 5.74) is 0.431. The van der Waals surface area contributed by atoms with Gasteiger partial charge in [-0.1, -0.05) is 18.2 Å². The molecular weight excluding hydrogens is 232 g/mol. The molecule has 0 bridgehead atoms. The molecule has 1 aromatic heterocycles. The summed E-state index contributed by atoms with van der Waals surface area (Å²) in [5, 5.41) is 12.4. The highest BCUT2D eigenvalue weighted by molar-refractivity contribution is 5.86. The van der Waals surface area contributed by atoms with E-state index in [9.17, 15) is 14.7 Å². The number of carbonyl (C=O) groups excluding carboxylic acids is 1. The number of fused-ring (bicyclic) bond motifs is 1. The minimum absolute atomic E-state index is 0.196. The van der Waals surface area contributed by atoms with E-state index in [1.165, 1.54) is 13.3 Å². The number of aromatic amines is 1. The van der Waals surface area contributed by atoms with Gasteiger partial charge in [-0.15, -0.1) is 0 Å². The summed E-state index contributed by atoms with van der Waals surface area (Å²) in [4.78, 5) is 24.7. The van der Waals surface area contributed by atoms with E-state index in [2.05, 4.69) is 10.3 Å². The van der Waals surface area contributed by atoms with E-state index in [4.69, 9.17) is 0 Å². The molecule has 3 N–H and O–H groups in total. The minimum Gasteiger partial charge on any atom is -0.480 e. The van der Waals surface area contributed by atoms with Crippen molar-refractivity contribution in [2.75, 3.05) is 0 Å². The molecule has 1 heterocycles. The number of carboxylic acid groups (broad SMARTS) is 1. The molecule has 1 amide bonds. The van der Waals surface area contributed by atoms with Crippen LogP contribution in [0.4, 0.5) is 0 Å². The first-order valence-corrected chi connectivity index (χ1v) is 5.49. The Hall–Kier alpha value is -2.30. The molecule has 0 saturated carbocycles. The molecule has 1 aromatic carbocycles. The second kappa shape index (κ2) is 4.52. The van der Waals surface area contributed by atoms with Crippen LogP contribution in [-0.2, 0) is 16.0 Å². The lowest BCUT2D eigenvalue weighted by Gasteiger charge is -2.23. The van der Waals surface area contributed by atoms with Crippen molar-refractivity contribution in [1.29, 1.82) is 0 Å². The van der Waals surface area contributed by atoms with Gasteiger partial charge in [0, 0.05) is 23.5 Å². The van der Waals surface area contributed by atoms with Crippen LogP contribution >= 0.6 is 0 Å². The Labute approximate surface area is 104 Å². The van der Waals surface area contributed by atoms with Crippen LogP contribution in [0.3, 0.4) is 0 Å². The molecule has 0 fully saturated rings. The number of para-hydroxylation sites is 1. The molecule has 0 aliphatic carbocycles. The Morgan fingerprint density at radius 1 is 1.50 bits per heavy atom. The van der Waals surface area contributed by atoms with Gasteiger partial charge in [0.2, 0.25) is 0 Å². The van der Waals surface area contributed by atoms with Gasteiger partial charge < -0.3 is 15.4 Å². The molecular formula is C13H13N2O3. The van der Waals surface area contributed by atoms with Crippen LogP contribution in [-0.4, -0.2) is 28.0 Å². The molecule has 0 spiro atoms. The third kappa shape index (κ3) is 2.07. The van der Waals surface area contributed by atoms with E-state index in [0.29, 0.717) is 0 Å². The number of benzene rings is 1. The van der Waals surface area contributed by atoms with Crippen LogP contribution < -0.4 is 5.32 Å². The van der Waals surface area contributed by atoms with Gasteiger partial charge in [-0.05, 0) is 18.6 Å². The second-order valence-corrected chi connectivity index (χ2v) is 4.40. The fourth-order valence-electron chi connectivity index (χ4n) is 1.94. The van der Waals surface area contributed by atoms with E-state index in [1.54, 1.807) is 6.20 Å². The van der Waals surface area contributed by atoms with Crippen molar-refractivity contribution in [3.05, 3.63) is 36.0 Å². The number of carboxylic acids is 1. The van der Waals surface area contributed by atoms with Crippen molar-refractivity contribution >= 4 is 23.3 Å². The van der Waals surface area contributed by atoms with Crippen LogP contribution in [0.5, 0.6) is 0 Å². The SMILES string of the molecule is CC(Cc1c[nH]c2ccccc12)(N[C]=O)C(=O)O. The lowest BCUT2D eigenvalue weighted by molar-refractivity contribution is -0.143. The monoisotopic (exact) mass is 245 g/mol. The summed E-state index contributed by atoms with van der Waals surface area (Å²) in [6.45, 7) is 1.46. The summed E-state index contributed by atoms with van der Waals surface area (Å²) in [6, 6.07) is 7.61. The number of aromatic nitrogens is 1. The average molecular weight is 245 g/mol. The summed E-state index contributed by atoms with van der Waals surface area (Å²) in [5.74, 6) is -1.09. The first-order valence-electron chi connectivity index (χ1n) is 5.49. The highest BCUT2D eigenvalue weighted by Crippen LogP contribution is 2.22. The molecule has 5 heteroatoms. The number of nitrogens with one attached hydrogen (secondary N) is 2. The Morgan fingerprint density at radius 3 is 2.89 bits per heavy atom. The lowest BCUT2D eigenvalue weighted by Crippen LogP contribution is -2.50. The van der Waals surface area contributed by atoms with Crippen LogP contribution in [0.25, 0.3) is 10.9 Å². The Morgan fingerprint density at radius 2 is 2.22 bits per heavy atom. The molecule has 2 rings (SSSR count). The molecule has 0 aliphatic heterocycles. The quantitative estimate of drug-likeness (QED) is 0.692. The third-order valence-electron chi connectivity index (χ3n) is 3.02. The number of hydrogen-bond acceptors (Lipinski definition) is 2. The number of H-pyrrole nitrogens is 1. The van der Waals surface area contributed by atoms with Crippen molar-refractivity contribution in [2.24, 2.45) is 0 Å². The summed E-state index contributed by atoms with van der Waals surface area (Å²) in [7, 11) is 0. The molecule has 93 valence electrons. The van der Waals surface area contributed by atoms with Gasteiger partial charge in [-0.2, -0.15) is 0 Å².